The van der Waals surface area contributed by atoms with Crippen molar-refractivity contribution in [2.24, 2.45) is 5.92 Å². The monoisotopic (exact) mass is 676 g/mol. The van der Waals surface area contributed by atoms with Crippen molar-refractivity contribution in [3.8, 4) is 11.1 Å². The quantitative estimate of drug-likeness (QED) is 0.203. The molecule has 0 saturated carbocycles. The number of likely N-dealkylation sites (tertiary alicyclic amines) is 1. The Kier molecular flexibility index (Phi) is 11.1. The standard InChI is InChI=1S/C35H41F5N4O4/c1-18(2)12-26(44-15-21(32(19(3)4)42-34(44)48)10-11-43-16-35(6,40)17-43)33(47)41-25(14-27(45)46)29-30(38)20(5)13-22(31(29)39)28-23(36)8-7-9-24(28)37/h7-9,13,15,18-19,25-26H,10-12,14,16-17H2,1-6H3,(H,41,47)(H,45,46)/t25-,26-/m0/s1. The maximum absolute atomic E-state index is 16.1. The van der Waals surface area contributed by atoms with Crippen LogP contribution in [0, 0.1) is 36.1 Å². The predicted octanol–water partition coefficient (Wildman–Crippen LogP) is 6.40. The minimum Gasteiger partial charge on any atom is -0.481 e. The van der Waals surface area contributed by atoms with Crippen LogP contribution in [0.4, 0.5) is 22.0 Å². The second-order valence-corrected chi connectivity index (χ2v) is 13.6. The number of aromatic nitrogens is 2. The summed E-state index contributed by atoms with van der Waals surface area (Å²) in [6, 6.07) is 0.696. The number of carbonyl (C=O) groups is 2. The van der Waals surface area contributed by atoms with Gasteiger partial charge in [0, 0.05) is 37.0 Å². The summed E-state index contributed by atoms with van der Waals surface area (Å²) in [6.07, 6.45) is 1.02. The lowest BCUT2D eigenvalue weighted by molar-refractivity contribution is -0.138. The zero-order valence-corrected chi connectivity index (χ0v) is 27.8. The number of nitrogens with one attached hydrogen (secondary N) is 1. The van der Waals surface area contributed by atoms with Gasteiger partial charge in [-0.3, -0.25) is 19.1 Å². The summed E-state index contributed by atoms with van der Waals surface area (Å²) in [5, 5.41) is 12.1. The molecule has 2 N–H and O–H groups in total. The van der Waals surface area contributed by atoms with Crippen LogP contribution in [0.15, 0.2) is 35.3 Å². The highest BCUT2D eigenvalue weighted by Crippen LogP contribution is 2.36. The third-order valence-corrected chi connectivity index (χ3v) is 8.44. The van der Waals surface area contributed by atoms with Crippen molar-refractivity contribution < 1.29 is 36.6 Å². The number of carboxylic acids is 1. The minimum atomic E-state index is -1.82. The molecule has 1 aromatic heterocycles. The van der Waals surface area contributed by atoms with Gasteiger partial charge in [0.2, 0.25) is 5.91 Å². The molecule has 1 aliphatic heterocycles. The maximum Gasteiger partial charge on any atom is 0.348 e. The summed E-state index contributed by atoms with van der Waals surface area (Å²) in [5.41, 5.74) is -3.39. The number of hydrogen-bond donors (Lipinski definition) is 2. The number of amides is 1. The molecule has 0 bridgehead atoms. The van der Waals surface area contributed by atoms with Gasteiger partial charge in [0.15, 0.2) is 0 Å². The summed E-state index contributed by atoms with van der Waals surface area (Å²) in [6.45, 7) is 11.1. The Hall–Kier alpha value is -4.13. The predicted molar refractivity (Wildman–Crippen MR) is 170 cm³/mol. The Morgan fingerprint density at radius 1 is 1.06 bits per heavy atom. The molecular weight excluding hydrogens is 635 g/mol. The summed E-state index contributed by atoms with van der Waals surface area (Å²) in [5.74, 6) is -7.63. The topological polar surface area (TPSA) is 105 Å². The van der Waals surface area contributed by atoms with Crippen molar-refractivity contribution in [1.29, 1.82) is 0 Å². The minimum absolute atomic E-state index is 0.0739. The van der Waals surface area contributed by atoms with Gasteiger partial charge in [-0.05, 0) is 67.9 Å². The van der Waals surface area contributed by atoms with Crippen LogP contribution in [-0.4, -0.2) is 56.7 Å². The molecular formula is C35H41F5N4O4. The largest absolute Gasteiger partial charge is 0.481 e. The summed E-state index contributed by atoms with van der Waals surface area (Å²) in [4.78, 5) is 45.5. The Morgan fingerprint density at radius 2 is 1.69 bits per heavy atom. The van der Waals surface area contributed by atoms with E-state index in [4.69, 9.17) is 0 Å². The Bertz CT molecular complexity index is 1730. The third kappa shape index (κ3) is 8.11. The zero-order chi connectivity index (χ0) is 35.7. The van der Waals surface area contributed by atoms with Crippen LogP contribution < -0.4 is 11.0 Å². The van der Waals surface area contributed by atoms with E-state index in [1.54, 1.807) is 13.8 Å². The van der Waals surface area contributed by atoms with Crippen LogP contribution in [-0.2, 0) is 16.0 Å². The molecule has 1 saturated heterocycles. The van der Waals surface area contributed by atoms with Gasteiger partial charge in [0.25, 0.3) is 0 Å². The molecule has 48 heavy (non-hydrogen) atoms. The van der Waals surface area contributed by atoms with E-state index in [1.807, 2.05) is 18.7 Å². The molecule has 1 amide bonds. The lowest BCUT2D eigenvalue weighted by atomic mass is 9.92. The van der Waals surface area contributed by atoms with Gasteiger partial charge in [0.1, 0.15) is 35.0 Å². The van der Waals surface area contributed by atoms with E-state index in [0.29, 0.717) is 24.2 Å². The number of nitrogens with zero attached hydrogens (tertiary/aromatic N) is 3. The molecule has 2 aromatic carbocycles. The maximum atomic E-state index is 16.1. The highest BCUT2D eigenvalue weighted by Gasteiger charge is 2.38. The molecule has 0 radical (unpaired) electrons. The Morgan fingerprint density at radius 3 is 2.23 bits per heavy atom. The first-order valence-corrected chi connectivity index (χ1v) is 15.9. The first-order chi connectivity index (χ1) is 22.4. The molecule has 1 aliphatic rings. The van der Waals surface area contributed by atoms with Crippen molar-refractivity contribution in [2.45, 2.75) is 84.5 Å². The highest BCUT2D eigenvalue weighted by molar-refractivity contribution is 5.82. The molecule has 0 aliphatic carbocycles. The van der Waals surface area contributed by atoms with Crippen molar-refractivity contribution in [1.82, 2.24) is 19.8 Å². The fraction of sp³-hybridized carbons (Fsp3) is 0.486. The number of carboxylic acid groups (broad SMARTS) is 1. The fourth-order valence-electron chi connectivity index (χ4n) is 6.26. The van der Waals surface area contributed by atoms with Crippen molar-refractivity contribution >= 4 is 11.9 Å². The van der Waals surface area contributed by atoms with Crippen LogP contribution in [0.5, 0.6) is 0 Å². The van der Waals surface area contributed by atoms with E-state index in [0.717, 1.165) is 28.8 Å². The second-order valence-electron chi connectivity index (χ2n) is 13.6. The van der Waals surface area contributed by atoms with Crippen LogP contribution in [0.3, 0.4) is 0 Å². The molecule has 260 valence electrons. The van der Waals surface area contributed by atoms with Crippen molar-refractivity contribution in [3.05, 3.63) is 86.6 Å². The van der Waals surface area contributed by atoms with Gasteiger partial charge >= 0.3 is 11.7 Å². The lowest BCUT2D eigenvalue weighted by Gasteiger charge is -2.42. The number of aliphatic carboxylic acids is 1. The number of benzene rings is 2. The molecule has 2 atom stereocenters. The van der Waals surface area contributed by atoms with E-state index in [9.17, 15) is 32.7 Å². The number of halogens is 5. The SMILES string of the molecule is Cc1cc(-c2c(F)cccc2F)c(F)c([C@H](CC(=O)O)NC(=O)[C@H](CC(C)C)n2cc(CCN3CC(C)(F)C3)c(C(C)C)nc2=O)c1F. The molecule has 1 fully saturated rings. The normalized spacial score (nSPS) is 15.8. The van der Waals surface area contributed by atoms with Gasteiger partial charge in [0.05, 0.1) is 23.7 Å². The smallest absolute Gasteiger partial charge is 0.348 e. The molecule has 0 spiro atoms. The fourth-order valence-corrected chi connectivity index (χ4v) is 6.26. The Labute approximate surface area is 276 Å². The number of aryl methyl sites for hydroxylation is 1. The first-order valence-electron chi connectivity index (χ1n) is 15.9. The van der Waals surface area contributed by atoms with Gasteiger partial charge < -0.3 is 10.4 Å². The summed E-state index contributed by atoms with van der Waals surface area (Å²) < 4.78 is 76.4. The lowest BCUT2D eigenvalue weighted by Crippen LogP contribution is -2.57. The van der Waals surface area contributed by atoms with Gasteiger partial charge in [-0.2, -0.15) is 4.98 Å². The van der Waals surface area contributed by atoms with Crippen LogP contribution in [0.1, 0.15) is 87.8 Å². The van der Waals surface area contributed by atoms with Gasteiger partial charge in [-0.1, -0.05) is 33.8 Å². The van der Waals surface area contributed by atoms with Crippen LogP contribution in [0.25, 0.3) is 11.1 Å². The molecule has 4 rings (SSSR count). The third-order valence-electron chi connectivity index (χ3n) is 8.44. The van der Waals surface area contributed by atoms with Crippen LogP contribution >= 0.6 is 0 Å². The average molecular weight is 677 g/mol. The number of rotatable bonds is 13. The number of carbonyl (C=O) groups excluding carboxylic acids is 1. The van der Waals surface area contributed by atoms with Gasteiger partial charge in [-0.25, -0.2) is 26.7 Å². The zero-order valence-electron chi connectivity index (χ0n) is 27.8. The van der Waals surface area contributed by atoms with Crippen molar-refractivity contribution in [2.75, 3.05) is 19.6 Å². The Balaban J connectivity index is 1.77. The molecule has 13 heteroatoms. The number of hydrogen-bond acceptors (Lipinski definition) is 5. The second kappa shape index (κ2) is 14.6. The van der Waals surface area contributed by atoms with E-state index >= 15 is 8.78 Å². The summed E-state index contributed by atoms with van der Waals surface area (Å²) in [7, 11) is 0. The van der Waals surface area contributed by atoms with E-state index in [1.165, 1.54) is 20.0 Å². The van der Waals surface area contributed by atoms with E-state index in [-0.39, 0.29) is 36.9 Å². The van der Waals surface area contributed by atoms with Crippen molar-refractivity contribution in [3.63, 3.8) is 0 Å². The molecule has 3 aromatic rings. The van der Waals surface area contributed by atoms with Gasteiger partial charge in [-0.15, -0.1) is 0 Å². The van der Waals surface area contributed by atoms with Crippen LogP contribution in [0.2, 0.25) is 0 Å². The van der Waals surface area contributed by atoms with E-state index in [2.05, 4.69) is 10.3 Å². The van der Waals surface area contributed by atoms with E-state index < -0.39 is 81.7 Å². The molecule has 2 heterocycles. The highest BCUT2D eigenvalue weighted by atomic mass is 19.2. The molecule has 0 unspecified atom stereocenters. The first kappa shape index (κ1) is 36.7. The number of alkyl halides is 1. The molecule has 8 nitrogen and oxygen atoms in total. The average Bonchev–Trinajstić information content (AvgIpc) is 2.96. The summed E-state index contributed by atoms with van der Waals surface area (Å²) >= 11 is 0.